The Hall–Kier alpha value is -1.83. The number of carboxylic acids is 2. The van der Waals surface area contributed by atoms with Gasteiger partial charge in [-0.15, -0.1) is 0 Å². The number of nitrogens with zero attached hydrogens (tertiary/aromatic N) is 2. The molecule has 1 aromatic rings. The van der Waals surface area contributed by atoms with Gasteiger partial charge in [0, 0.05) is 31.8 Å². The summed E-state index contributed by atoms with van der Waals surface area (Å²) in [4.78, 5) is 25.4. The number of nitrogens with one attached hydrogen (secondary N) is 1. The average Bonchev–Trinajstić information content (AvgIpc) is 2.78. The SMILES string of the molecule is Clc1cc(N2CCCNCC2)cnc1Cl.O=C(O)/C=C/C(=O)O. The van der Waals surface area contributed by atoms with Gasteiger partial charge in [-0.25, -0.2) is 14.6 Å². The van der Waals surface area contributed by atoms with Crippen molar-refractivity contribution in [2.75, 3.05) is 31.1 Å². The summed E-state index contributed by atoms with van der Waals surface area (Å²) in [5, 5.41) is 19.9. The van der Waals surface area contributed by atoms with Crippen LogP contribution in [0.2, 0.25) is 10.2 Å². The molecular formula is C14H17Cl2N3O4. The van der Waals surface area contributed by atoms with E-state index in [1.54, 1.807) is 6.20 Å². The molecule has 3 N–H and O–H groups in total. The van der Waals surface area contributed by atoms with Crippen LogP contribution in [0.4, 0.5) is 5.69 Å². The molecule has 2 heterocycles. The number of aromatic nitrogens is 1. The Morgan fingerprint density at radius 3 is 2.39 bits per heavy atom. The molecule has 1 aliphatic rings. The van der Waals surface area contributed by atoms with Crippen molar-refractivity contribution in [3.05, 3.63) is 34.6 Å². The predicted octanol–water partition coefficient (Wildman–Crippen LogP) is 1.90. The van der Waals surface area contributed by atoms with Crippen molar-refractivity contribution >= 4 is 40.8 Å². The first-order valence-corrected chi connectivity index (χ1v) is 7.56. The second-order valence-electron chi connectivity index (χ2n) is 4.57. The van der Waals surface area contributed by atoms with Crippen molar-refractivity contribution < 1.29 is 19.8 Å². The maximum absolute atomic E-state index is 9.55. The van der Waals surface area contributed by atoms with Crippen LogP contribution in [0.1, 0.15) is 6.42 Å². The van der Waals surface area contributed by atoms with Gasteiger partial charge in [0.2, 0.25) is 0 Å². The lowest BCUT2D eigenvalue weighted by Crippen LogP contribution is -2.27. The van der Waals surface area contributed by atoms with Gasteiger partial charge in [0.15, 0.2) is 0 Å². The van der Waals surface area contributed by atoms with Crippen LogP contribution in [0.25, 0.3) is 0 Å². The molecule has 1 aliphatic heterocycles. The first-order valence-electron chi connectivity index (χ1n) is 6.81. The Morgan fingerprint density at radius 1 is 1.17 bits per heavy atom. The Morgan fingerprint density at radius 2 is 1.83 bits per heavy atom. The minimum atomic E-state index is -1.26. The molecule has 0 atom stereocenters. The van der Waals surface area contributed by atoms with E-state index in [-0.39, 0.29) is 0 Å². The molecule has 0 unspecified atom stereocenters. The highest BCUT2D eigenvalue weighted by molar-refractivity contribution is 6.41. The standard InChI is InChI=1S/C10H13Cl2N3.C4H4O4/c11-9-6-8(7-14-10(9)12)15-4-1-2-13-3-5-15;5-3(6)1-2-4(7)8/h6-7,13H,1-5H2;1-2H,(H,5,6)(H,7,8)/b;2-1+. The molecule has 1 aromatic heterocycles. The summed E-state index contributed by atoms with van der Waals surface area (Å²) in [5.41, 5.74) is 1.05. The number of hydrogen-bond donors (Lipinski definition) is 3. The molecule has 0 saturated carbocycles. The molecule has 0 bridgehead atoms. The monoisotopic (exact) mass is 361 g/mol. The topological polar surface area (TPSA) is 103 Å². The van der Waals surface area contributed by atoms with E-state index in [1.807, 2.05) is 6.07 Å². The van der Waals surface area contributed by atoms with E-state index in [1.165, 1.54) is 0 Å². The summed E-state index contributed by atoms with van der Waals surface area (Å²) in [6.07, 6.45) is 4.03. The van der Waals surface area contributed by atoms with E-state index in [0.717, 1.165) is 38.3 Å². The molecule has 0 aromatic carbocycles. The first-order chi connectivity index (χ1) is 10.9. The number of aliphatic carboxylic acids is 2. The van der Waals surface area contributed by atoms with Crippen molar-refractivity contribution in [3.8, 4) is 0 Å². The molecule has 0 amide bonds. The number of halogens is 2. The molecule has 23 heavy (non-hydrogen) atoms. The highest BCUT2D eigenvalue weighted by Gasteiger charge is 2.11. The Balaban J connectivity index is 0.000000284. The van der Waals surface area contributed by atoms with E-state index in [0.29, 0.717) is 22.3 Å². The lowest BCUT2D eigenvalue weighted by Gasteiger charge is -2.21. The van der Waals surface area contributed by atoms with Gasteiger partial charge in [0.05, 0.1) is 16.9 Å². The van der Waals surface area contributed by atoms with Crippen LogP contribution in [0.5, 0.6) is 0 Å². The molecule has 1 saturated heterocycles. The summed E-state index contributed by atoms with van der Waals surface area (Å²) >= 11 is 11.7. The number of hydrogen-bond acceptors (Lipinski definition) is 5. The second-order valence-corrected chi connectivity index (χ2v) is 5.33. The van der Waals surface area contributed by atoms with Crippen LogP contribution in [-0.4, -0.2) is 53.3 Å². The number of carboxylic acid groups (broad SMARTS) is 2. The van der Waals surface area contributed by atoms with Crippen molar-refractivity contribution in [1.82, 2.24) is 10.3 Å². The number of carbonyl (C=O) groups is 2. The van der Waals surface area contributed by atoms with Gasteiger partial charge in [-0.1, -0.05) is 23.2 Å². The number of anilines is 1. The predicted molar refractivity (Wildman–Crippen MR) is 88.4 cm³/mol. The van der Waals surface area contributed by atoms with Crippen molar-refractivity contribution in [3.63, 3.8) is 0 Å². The number of pyridine rings is 1. The van der Waals surface area contributed by atoms with Crippen molar-refractivity contribution in [2.24, 2.45) is 0 Å². The minimum absolute atomic E-state index is 0.369. The summed E-state index contributed by atoms with van der Waals surface area (Å²) < 4.78 is 0. The van der Waals surface area contributed by atoms with Gasteiger partial charge in [0.1, 0.15) is 5.15 Å². The smallest absolute Gasteiger partial charge is 0.328 e. The normalized spacial score (nSPS) is 14.8. The zero-order chi connectivity index (χ0) is 17.2. The molecule has 7 nitrogen and oxygen atoms in total. The van der Waals surface area contributed by atoms with Crippen LogP contribution < -0.4 is 10.2 Å². The molecule has 126 valence electrons. The van der Waals surface area contributed by atoms with Crippen LogP contribution in [0.3, 0.4) is 0 Å². The highest BCUT2D eigenvalue weighted by atomic mass is 35.5. The van der Waals surface area contributed by atoms with Gasteiger partial charge in [-0.3, -0.25) is 0 Å². The number of rotatable bonds is 3. The van der Waals surface area contributed by atoms with Crippen molar-refractivity contribution in [2.45, 2.75) is 6.42 Å². The Labute approximate surface area is 143 Å². The van der Waals surface area contributed by atoms with Gasteiger partial charge in [0.25, 0.3) is 0 Å². The van der Waals surface area contributed by atoms with E-state index in [2.05, 4.69) is 15.2 Å². The van der Waals surface area contributed by atoms with Gasteiger partial charge >= 0.3 is 11.9 Å². The summed E-state index contributed by atoms with van der Waals surface area (Å²) in [5.74, 6) is -2.51. The van der Waals surface area contributed by atoms with Crippen molar-refractivity contribution in [1.29, 1.82) is 0 Å². The third-order valence-electron chi connectivity index (χ3n) is 2.86. The zero-order valence-corrected chi connectivity index (χ0v) is 13.7. The third kappa shape index (κ3) is 7.83. The summed E-state index contributed by atoms with van der Waals surface area (Å²) in [6.45, 7) is 4.10. The van der Waals surface area contributed by atoms with Crippen LogP contribution in [-0.2, 0) is 9.59 Å². The minimum Gasteiger partial charge on any atom is -0.478 e. The molecule has 0 aliphatic carbocycles. The second kappa shape index (κ2) is 10.0. The molecule has 1 fully saturated rings. The maximum atomic E-state index is 9.55. The fraction of sp³-hybridized carbons (Fsp3) is 0.357. The van der Waals surface area contributed by atoms with Crippen LogP contribution >= 0.6 is 23.2 Å². The Bertz CT molecular complexity index is 557. The summed E-state index contributed by atoms with van der Waals surface area (Å²) in [6, 6.07) is 1.88. The largest absolute Gasteiger partial charge is 0.478 e. The average molecular weight is 362 g/mol. The molecule has 0 radical (unpaired) electrons. The fourth-order valence-electron chi connectivity index (χ4n) is 1.83. The quantitative estimate of drug-likeness (QED) is 0.557. The third-order valence-corrected chi connectivity index (χ3v) is 3.54. The van der Waals surface area contributed by atoms with E-state index < -0.39 is 11.9 Å². The van der Waals surface area contributed by atoms with Crippen LogP contribution in [0, 0.1) is 0 Å². The first kappa shape index (κ1) is 19.2. The highest BCUT2D eigenvalue weighted by Crippen LogP contribution is 2.24. The van der Waals surface area contributed by atoms with Gasteiger partial charge < -0.3 is 20.4 Å². The van der Waals surface area contributed by atoms with E-state index in [9.17, 15) is 9.59 Å². The zero-order valence-electron chi connectivity index (χ0n) is 12.2. The van der Waals surface area contributed by atoms with Gasteiger partial charge in [-0.2, -0.15) is 0 Å². The summed E-state index contributed by atoms with van der Waals surface area (Å²) in [7, 11) is 0. The lowest BCUT2D eigenvalue weighted by molar-refractivity contribution is -0.134. The molecule has 2 rings (SSSR count). The van der Waals surface area contributed by atoms with Crippen LogP contribution in [0.15, 0.2) is 24.4 Å². The molecular weight excluding hydrogens is 345 g/mol. The van der Waals surface area contributed by atoms with E-state index in [4.69, 9.17) is 33.4 Å². The molecule has 9 heteroatoms. The maximum Gasteiger partial charge on any atom is 0.328 e. The lowest BCUT2D eigenvalue weighted by atomic mass is 10.3. The van der Waals surface area contributed by atoms with E-state index >= 15 is 0 Å². The molecule has 0 spiro atoms. The Kier molecular flexibility index (Phi) is 8.39. The fourth-order valence-corrected chi connectivity index (χ4v) is 2.09. The van der Waals surface area contributed by atoms with Gasteiger partial charge in [-0.05, 0) is 19.0 Å².